The lowest BCUT2D eigenvalue weighted by molar-refractivity contribution is 0.0696. The summed E-state index contributed by atoms with van der Waals surface area (Å²) in [7, 11) is 0. The molecule has 0 radical (unpaired) electrons. The van der Waals surface area contributed by atoms with Crippen LogP contribution >= 0.6 is 15.9 Å². The second-order valence-electron chi connectivity index (χ2n) is 4.52. The summed E-state index contributed by atoms with van der Waals surface area (Å²) in [5, 5.41) is 12.3. The number of carboxylic acid groups (broad SMARTS) is 1. The summed E-state index contributed by atoms with van der Waals surface area (Å²) < 4.78 is 6.04. The van der Waals surface area contributed by atoms with Crippen LogP contribution in [0.1, 0.15) is 37.0 Å². The number of ether oxygens (including phenoxy) is 1. The molecule has 0 aromatic heterocycles. The van der Waals surface area contributed by atoms with Gasteiger partial charge in [0, 0.05) is 23.3 Å². The van der Waals surface area contributed by atoms with Crippen molar-refractivity contribution in [3.05, 3.63) is 28.2 Å². The van der Waals surface area contributed by atoms with Gasteiger partial charge in [-0.15, -0.1) is 0 Å². The number of hydrogen-bond acceptors (Lipinski definition) is 3. The maximum absolute atomic E-state index is 11.2. The molecule has 0 atom stereocenters. The Labute approximate surface area is 122 Å². The maximum atomic E-state index is 11.2. The summed E-state index contributed by atoms with van der Waals surface area (Å²) >= 11 is 3.26. The zero-order chi connectivity index (χ0) is 14.3. The largest absolute Gasteiger partial charge is 0.478 e. The Bertz CT molecular complexity index is 421. The van der Waals surface area contributed by atoms with Gasteiger partial charge in [0.1, 0.15) is 0 Å². The Hall–Kier alpha value is -1.07. The van der Waals surface area contributed by atoms with Gasteiger partial charge in [0.25, 0.3) is 0 Å². The number of hydrogen-bond donors (Lipinski definition) is 2. The molecule has 4 nitrogen and oxygen atoms in total. The van der Waals surface area contributed by atoms with Gasteiger partial charge in [0.2, 0.25) is 0 Å². The summed E-state index contributed by atoms with van der Waals surface area (Å²) in [5.41, 5.74) is 0.924. The second-order valence-corrected chi connectivity index (χ2v) is 5.38. The third-order valence-corrected chi connectivity index (χ3v) is 3.23. The van der Waals surface area contributed by atoms with Gasteiger partial charge in [-0.1, -0.05) is 6.07 Å². The summed E-state index contributed by atoms with van der Waals surface area (Å²) in [6.45, 7) is 5.50. The van der Waals surface area contributed by atoms with E-state index in [0.717, 1.165) is 26.0 Å². The van der Waals surface area contributed by atoms with E-state index in [4.69, 9.17) is 9.84 Å². The Morgan fingerprint density at radius 1 is 1.42 bits per heavy atom. The lowest BCUT2D eigenvalue weighted by Gasteiger charge is -2.11. The fourth-order valence-corrected chi connectivity index (χ4v) is 2.19. The fraction of sp³-hybridized carbons (Fsp3) is 0.500. The average molecular weight is 330 g/mol. The second kappa shape index (κ2) is 8.17. The minimum atomic E-state index is -0.932. The molecular formula is C14H20BrNO3. The van der Waals surface area contributed by atoms with Gasteiger partial charge >= 0.3 is 5.97 Å². The molecule has 1 rings (SSSR count). The van der Waals surface area contributed by atoms with Gasteiger partial charge in [0.05, 0.1) is 11.7 Å². The molecule has 1 aromatic carbocycles. The Kier molecular flexibility index (Phi) is 6.87. The van der Waals surface area contributed by atoms with E-state index in [9.17, 15) is 4.79 Å². The smallest absolute Gasteiger partial charge is 0.338 e. The average Bonchev–Trinajstić information content (AvgIpc) is 2.32. The van der Waals surface area contributed by atoms with E-state index in [1.807, 2.05) is 19.9 Å². The van der Waals surface area contributed by atoms with Crippen LogP contribution < -0.4 is 5.32 Å². The summed E-state index contributed by atoms with van der Waals surface area (Å²) in [5.74, 6) is -0.932. The van der Waals surface area contributed by atoms with Crippen molar-refractivity contribution in [3.63, 3.8) is 0 Å². The molecule has 0 aliphatic carbocycles. The highest BCUT2D eigenvalue weighted by Crippen LogP contribution is 2.24. The Morgan fingerprint density at radius 3 is 2.79 bits per heavy atom. The first kappa shape index (κ1) is 16.0. The van der Waals surface area contributed by atoms with Crippen LogP contribution in [0.15, 0.2) is 22.7 Å². The minimum absolute atomic E-state index is 0.261. The number of unbranched alkanes of at least 4 members (excludes halogenated alkanes) is 1. The zero-order valence-electron chi connectivity index (χ0n) is 11.3. The molecule has 0 aliphatic heterocycles. The molecule has 0 fully saturated rings. The standard InChI is InChI=1S/C14H20BrNO3/c1-10(2)19-9-4-3-8-16-12-7-5-6-11(15)13(12)14(17)18/h5-7,10,16H,3-4,8-9H2,1-2H3,(H,17,18). The molecule has 0 spiro atoms. The number of carboxylic acids is 1. The van der Waals surface area contributed by atoms with E-state index in [-0.39, 0.29) is 11.7 Å². The predicted octanol–water partition coefficient (Wildman–Crippen LogP) is 3.76. The predicted molar refractivity (Wildman–Crippen MR) is 79.9 cm³/mol. The monoisotopic (exact) mass is 329 g/mol. The van der Waals surface area contributed by atoms with Crippen LogP contribution in [0, 0.1) is 0 Å². The molecule has 19 heavy (non-hydrogen) atoms. The number of benzene rings is 1. The van der Waals surface area contributed by atoms with Gasteiger partial charge in [-0.05, 0) is 54.8 Å². The molecule has 0 bridgehead atoms. The molecule has 0 saturated carbocycles. The van der Waals surface area contributed by atoms with Crippen molar-refractivity contribution < 1.29 is 14.6 Å². The van der Waals surface area contributed by atoms with Crippen LogP contribution in [0.5, 0.6) is 0 Å². The third kappa shape index (κ3) is 5.61. The van der Waals surface area contributed by atoms with E-state index in [0.29, 0.717) is 10.2 Å². The van der Waals surface area contributed by atoms with Crippen molar-refractivity contribution in [2.75, 3.05) is 18.5 Å². The van der Waals surface area contributed by atoms with Crippen molar-refractivity contribution in [2.45, 2.75) is 32.8 Å². The zero-order valence-corrected chi connectivity index (χ0v) is 12.9. The van der Waals surface area contributed by atoms with Crippen LogP contribution in [0.3, 0.4) is 0 Å². The van der Waals surface area contributed by atoms with E-state index in [1.54, 1.807) is 12.1 Å². The van der Waals surface area contributed by atoms with Gasteiger partial charge in [-0.25, -0.2) is 4.79 Å². The molecule has 0 heterocycles. The molecule has 1 aromatic rings. The first-order chi connectivity index (χ1) is 9.02. The number of anilines is 1. The molecule has 0 amide bonds. The molecule has 5 heteroatoms. The van der Waals surface area contributed by atoms with Crippen LogP contribution in [-0.4, -0.2) is 30.3 Å². The van der Waals surface area contributed by atoms with E-state index < -0.39 is 5.97 Å². The summed E-state index contributed by atoms with van der Waals surface area (Å²) in [6.07, 6.45) is 2.16. The van der Waals surface area contributed by atoms with Crippen LogP contribution in [-0.2, 0) is 4.74 Å². The van der Waals surface area contributed by atoms with Gasteiger partial charge in [0.15, 0.2) is 0 Å². The minimum Gasteiger partial charge on any atom is -0.478 e. The third-order valence-electron chi connectivity index (χ3n) is 2.57. The van der Waals surface area contributed by atoms with Crippen molar-refractivity contribution in [1.82, 2.24) is 0 Å². The molecule has 106 valence electrons. The lowest BCUT2D eigenvalue weighted by Crippen LogP contribution is -2.10. The number of aromatic carboxylic acids is 1. The fourth-order valence-electron chi connectivity index (χ4n) is 1.66. The molecule has 2 N–H and O–H groups in total. The SMILES string of the molecule is CC(C)OCCCCNc1cccc(Br)c1C(=O)O. The normalized spacial score (nSPS) is 10.7. The number of nitrogens with one attached hydrogen (secondary N) is 1. The maximum Gasteiger partial charge on any atom is 0.338 e. The van der Waals surface area contributed by atoms with Crippen molar-refractivity contribution in [3.8, 4) is 0 Å². The molecule has 0 unspecified atom stereocenters. The lowest BCUT2D eigenvalue weighted by atomic mass is 10.1. The quantitative estimate of drug-likeness (QED) is 0.713. The molecule has 0 saturated heterocycles. The summed E-state index contributed by atoms with van der Waals surface area (Å²) in [4.78, 5) is 11.2. The summed E-state index contributed by atoms with van der Waals surface area (Å²) in [6, 6.07) is 5.32. The number of rotatable bonds is 8. The van der Waals surface area contributed by atoms with E-state index >= 15 is 0 Å². The first-order valence-electron chi connectivity index (χ1n) is 6.39. The first-order valence-corrected chi connectivity index (χ1v) is 7.19. The molecular weight excluding hydrogens is 310 g/mol. The van der Waals surface area contributed by atoms with E-state index in [2.05, 4.69) is 21.2 Å². The van der Waals surface area contributed by atoms with Gasteiger partial charge < -0.3 is 15.2 Å². The Balaban J connectivity index is 2.41. The Morgan fingerprint density at radius 2 is 2.16 bits per heavy atom. The van der Waals surface area contributed by atoms with Gasteiger partial charge in [-0.3, -0.25) is 0 Å². The van der Waals surface area contributed by atoms with Gasteiger partial charge in [-0.2, -0.15) is 0 Å². The highest BCUT2D eigenvalue weighted by Gasteiger charge is 2.13. The van der Waals surface area contributed by atoms with Crippen LogP contribution in [0.25, 0.3) is 0 Å². The van der Waals surface area contributed by atoms with Crippen molar-refractivity contribution in [1.29, 1.82) is 0 Å². The highest BCUT2D eigenvalue weighted by atomic mass is 79.9. The van der Waals surface area contributed by atoms with E-state index in [1.165, 1.54) is 0 Å². The number of carbonyl (C=O) groups is 1. The van der Waals surface area contributed by atoms with Crippen LogP contribution in [0.2, 0.25) is 0 Å². The van der Waals surface area contributed by atoms with Crippen molar-refractivity contribution in [2.24, 2.45) is 0 Å². The van der Waals surface area contributed by atoms with Crippen LogP contribution in [0.4, 0.5) is 5.69 Å². The number of halogens is 1. The topological polar surface area (TPSA) is 58.6 Å². The highest BCUT2D eigenvalue weighted by molar-refractivity contribution is 9.10. The molecule has 0 aliphatic rings. The van der Waals surface area contributed by atoms with Crippen molar-refractivity contribution >= 4 is 27.6 Å².